The first-order valence-corrected chi connectivity index (χ1v) is 5.71. The predicted molar refractivity (Wildman–Crippen MR) is 57.2 cm³/mol. The molecule has 76 valence electrons. The SMILES string of the molecule is NC=CCS(=O)(=O)Nc1ccccc1. The van der Waals surface area contributed by atoms with Gasteiger partial charge in [-0.3, -0.25) is 4.72 Å². The van der Waals surface area contributed by atoms with Crippen LogP contribution < -0.4 is 10.5 Å². The van der Waals surface area contributed by atoms with Crippen molar-refractivity contribution in [1.29, 1.82) is 0 Å². The summed E-state index contributed by atoms with van der Waals surface area (Å²) in [5, 5.41) is 0. The average Bonchev–Trinajstić information content (AvgIpc) is 2.16. The Balaban J connectivity index is 2.69. The van der Waals surface area contributed by atoms with Crippen LogP contribution in [0.3, 0.4) is 0 Å². The summed E-state index contributed by atoms with van der Waals surface area (Å²) in [5.41, 5.74) is 5.61. The van der Waals surface area contributed by atoms with Crippen LogP contribution in [-0.4, -0.2) is 14.2 Å². The molecular weight excluding hydrogens is 200 g/mol. The van der Waals surface area contributed by atoms with E-state index in [4.69, 9.17) is 5.73 Å². The highest BCUT2D eigenvalue weighted by molar-refractivity contribution is 7.92. The van der Waals surface area contributed by atoms with Crippen molar-refractivity contribution in [1.82, 2.24) is 0 Å². The molecule has 14 heavy (non-hydrogen) atoms. The van der Waals surface area contributed by atoms with E-state index in [-0.39, 0.29) is 5.75 Å². The summed E-state index contributed by atoms with van der Waals surface area (Å²) in [6, 6.07) is 8.71. The normalized spacial score (nSPS) is 11.7. The van der Waals surface area contributed by atoms with Crippen molar-refractivity contribution in [2.75, 3.05) is 10.5 Å². The third-order valence-electron chi connectivity index (χ3n) is 1.50. The van der Waals surface area contributed by atoms with E-state index >= 15 is 0 Å². The number of benzene rings is 1. The maximum atomic E-state index is 11.3. The molecule has 0 aliphatic rings. The van der Waals surface area contributed by atoms with Crippen LogP contribution in [0.1, 0.15) is 0 Å². The van der Waals surface area contributed by atoms with E-state index < -0.39 is 10.0 Å². The van der Waals surface area contributed by atoms with Gasteiger partial charge in [-0.25, -0.2) is 8.42 Å². The molecule has 0 unspecified atom stereocenters. The number of hydrogen-bond acceptors (Lipinski definition) is 3. The minimum Gasteiger partial charge on any atom is -0.405 e. The molecule has 0 amide bonds. The Kier molecular flexibility index (Phi) is 3.53. The second-order valence-electron chi connectivity index (χ2n) is 2.68. The summed E-state index contributed by atoms with van der Waals surface area (Å²) < 4.78 is 25.1. The zero-order valence-electron chi connectivity index (χ0n) is 7.55. The topological polar surface area (TPSA) is 72.2 Å². The van der Waals surface area contributed by atoms with Gasteiger partial charge in [0.25, 0.3) is 0 Å². The van der Waals surface area contributed by atoms with Crippen molar-refractivity contribution in [2.24, 2.45) is 5.73 Å². The van der Waals surface area contributed by atoms with Crippen LogP contribution in [-0.2, 0) is 10.0 Å². The van der Waals surface area contributed by atoms with Crippen LogP contribution in [0.2, 0.25) is 0 Å². The quantitative estimate of drug-likeness (QED) is 0.779. The summed E-state index contributed by atoms with van der Waals surface area (Å²) >= 11 is 0. The van der Waals surface area contributed by atoms with Gasteiger partial charge < -0.3 is 5.73 Å². The van der Waals surface area contributed by atoms with Crippen molar-refractivity contribution < 1.29 is 8.42 Å². The molecule has 0 aromatic heterocycles. The van der Waals surface area contributed by atoms with Gasteiger partial charge in [0.15, 0.2) is 0 Å². The average molecular weight is 212 g/mol. The van der Waals surface area contributed by atoms with Crippen LogP contribution in [0, 0.1) is 0 Å². The monoisotopic (exact) mass is 212 g/mol. The Morgan fingerprint density at radius 2 is 1.93 bits per heavy atom. The van der Waals surface area contributed by atoms with Gasteiger partial charge in [0.1, 0.15) is 0 Å². The molecule has 1 aromatic carbocycles. The fourth-order valence-electron chi connectivity index (χ4n) is 0.910. The third kappa shape index (κ3) is 3.49. The van der Waals surface area contributed by atoms with Gasteiger partial charge in [-0.1, -0.05) is 24.3 Å². The maximum absolute atomic E-state index is 11.3. The number of hydrogen-bond donors (Lipinski definition) is 2. The zero-order chi connectivity index (χ0) is 10.4. The molecular formula is C9H12N2O2S. The minimum atomic E-state index is -3.31. The molecule has 0 bridgehead atoms. The lowest BCUT2D eigenvalue weighted by molar-refractivity contribution is 0.604. The van der Waals surface area contributed by atoms with Crippen molar-refractivity contribution in [2.45, 2.75) is 0 Å². The fraction of sp³-hybridized carbons (Fsp3) is 0.111. The fourth-order valence-corrected chi connectivity index (χ4v) is 1.85. The summed E-state index contributed by atoms with van der Waals surface area (Å²) in [6.07, 6.45) is 2.59. The Labute approximate surface area is 83.5 Å². The van der Waals surface area contributed by atoms with Gasteiger partial charge in [-0.2, -0.15) is 0 Å². The zero-order valence-corrected chi connectivity index (χ0v) is 8.37. The minimum absolute atomic E-state index is 0.113. The molecule has 0 aliphatic carbocycles. The largest absolute Gasteiger partial charge is 0.405 e. The Morgan fingerprint density at radius 3 is 2.50 bits per heavy atom. The molecule has 1 rings (SSSR count). The van der Waals surface area contributed by atoms with Crippen molar-refractivity contribution >= 4 is 15.7 Å². The smallest absolute Gasteiger partial charge is 0.236 e. The van der Waals surface area contributed by atoms with Crippen LogP contribution in [0.5, 0.6) is 0 Å². The lowest BCUT2D eigenvalue weighted by atomic mass is 10.3. The first-order chi connectivity index (χ1) is 6.64. The van der Waals surface area contributed by atoms with Gasteiger partial charge >= 0.3 is 0 Å². The van der Waals surface area contributed by atoms with Gasteiger partial charge in [0.05, 0.1) is 5.75 Å². The Morgan fingerprint density at radius 1 is 1.29 bits per heavy atom. The molecule has 3 N–H and O–H groups in total. The summed E-state index contributed by atoms with van der Waals surface area (Å²) in [4.78, 5) is 0. The summed E-state index contributed by atoms with van der Waals surface area (Å²) in [7, 11) is -3.31. The highest BCUT2D eigenvalue weighted by Gasteiger charge is 2.06. The molecule has 5 heteroatoms. The number of para-hydroxylation sites is 1. The number of sulfonamides is 1. The Bertz CT molecular complexity index is 398. The molecule has 0 atom stereocenters. The van der Waals surface area contributed by atoms with E-state index in [9.17, 15) is 8.42 Å². The second-order valence-corrected chi connectivity index (χ2v) is 4.44. The third-order valence-corrected chi connectivity index (χ3v) is 2.68. The number of nitrogens with two attached hydrogens (primary N) is 1. The highest BCUT2D eigenvalue weighted by Crippen LogP contribution is 2.07. The highest BCUT2D eigenvalue weighted by atomic mass is 32.2. The van der Waals surface area contributed by atoms with E-state index in [2.05, 4.69) is 4.72 Å². The van der Waals surface area contributed by atoms with Crippen LogP contribution in [0.15, 0.2) is 42.6 Å². The summed E-state index contributed by atoms with van der Waals surface area (Å²) in [5.74, 6) is -0.113. The van der Waals surface area contributed by atoms with E-state index in [1.54, 1.807) is 24.3 Å². The second kappa shape index (κ2) is 4.66. The molecule has 0 saturated carbocycles. The molecule has 0 saturated heterocycles. The van der Waals surface area contributed by atoms with Gasteiger partial charge in [-0.15, -0.1) is 0 Å². The molecule has 4 nitrogen and oxygen atoms in total. The predicted octanol–water partition coefficient (Wildman–Crippen LogP) is 0.901. The van der Waals surface area contributed by atoms with E-state index in [1.165, 1.54) is 12.3 Å². The van der Waals surface area contributed by atoms with Gasteiger partial charge in [-0.05, 0) is 18.3 Å². The van der Waals surface area contributed by atoms with Crippen molar-refractivity contribution in [3.63, 3.8) is 0 Å². The molecule has 0 spiro atoms. The van der Waals surface area contributed by atoms with Crippen molar-refractivity contribution in [3.05, 3.63) is 42.6 Å². The first-order valence-electron chi connectivity index (χ1n) is 4.06. The lowest BCUT2D eigenvalue weighted by Crippen LogP contribution is -2.15. The number of anilines is 1. The standard InChI is InChI=1S/C9H12N2O2S/c10-7-4-8-14(12,13)11-9-5-2-1-3-6-9/h1-7,11H,8,10H2. The van der Waals surface area contributed by atoms with E-state index in [0.29, 0.717) is 5.69 Å². The molecule has 0 heterocycles. The molecule has 0 fully saturated rings. The van der Waals surface area contributed by atoms with Gasteiger partial charge in [0.2, 0.25) is 10.0 Å². The number of nitrogens with one attached hydrogen (secondary N) is 1. The number of rotatable bonds is 4. The Hall–Kier alpha value is -1.49. The summed E-state index contributed by atoms with van der Waals surface area (Å²) in [6.45, 7) is 0. The lowest BCUT2D eigenvalue weighted by Gasteiger charge is -2.04. The van der Waals surface area contributed by atoms with Crippen LogP contribution >= 0.6 is 0 Å². The molecule has 0 aliphatic heterocycles. The van der Waals surface area contributed by atoms with E-state index in [0.717, 1.165) is 0 Å². The molecule has 0 radical (unpaired) electrons. The molecule has 1 aromatic rings. The van der Waals surface area contributed by atoms with Crippen LogP contribution in [0.4, 0.5) is 5.69 Å². The van der Waals surface area contributed by atoms with Gasteiger partial charge in [0, 0.05) is 5.69 Å². The van der Waals surface area contributed by atoms with Crippen molar-refractivity contribution in [3.8, 4) is 0 Å². The first kappa shape index (κ1) is 10.6. The van der Waals surface area contributed by atoms with Crippen LogP contribution in [0.25, 0.3) is 0 Å². The van der Waals surface area contributed by atoms with E-state index in [1.807, 2.05) is 6.07 Å². The maximum Gasteiger partial charge on any atom is 0.236 e.